The van der Waals surface area contributed by atoms with Crippen molar-refractivity contribution in [3.05, 3.63) is 56.8 Å². The van der Waals surface area contributed by atoms with Gasteiger partial charge in [0.05, 0.1) is 15.1 Å². The first-order valence-corrected chi connectivity index (χ1v) is 8.95. The quantitative estimate of drug-likeness (QED) is 0.668. The summed E-state index contributed by atoms with van der Waals surface area (Å²) in [6.45, 7) is 5.61. The van der Waals surface area contributed by atoms with Crippen LogP contribution in [0.4, 0.5) is 5.69 Å². The second kappa shape index (κ2) is 8.71. The van der Waals surface area contributed by atoms with E-state index < -0.39 is 18.0 Å². The predicted octanol–water partition coefficient (Wildman–Crippen LogP) is 5.35. The molecule has 0 bridgehead atoms. The largest absolute Gasteiger partial charge is 0.448 e. The number of carbonyl (C=O) groups is 2. The molecule has 0 saturated heterocycles. The van der Waals surface area contributed by atoms with Crippen LogP contribution in [0.2, 0.25) is 15.1 Å². The zero-order valence-electron chi connectivity index (χ0n) is 14.3. The maximum atomic E-state index is 12.2. The van der Waals surface area contributed by atoms with Crippen LogP contribution in [0.15, 0.2) is 30.5 Å². The number of nitrogens with zero attached hydrogens (tertiary/aromatic N) is 1. The highest BCUT2D eigenvalue weighted by molar-refractivity contribution is 6.48. The average molecular weight is 416 g/mol. The van der Waals surface area contributed by atoms with E-state index in [0.717, 1.165) is 5.56 Å². The molecule has 1 heterocycles. The van der Waals surface area contributed by atoms with Gasteiger partial charge in [-0.2, -0.15) is 0 Å². The standard InChI is InChI=1S/C18H17Cl3N2O3/c1-9(2)11-4-6-12(7-5-11)23-17(24)10(3)26-18(25)16-15(21)14(20)13(19)8-22-16/h4-10H,1-3H3,(H,23,24)/t10-/m1/s1. The molecule has 2 aromatic rings. The first-order chi connectivity index (χ1) is 12.2. The lowest BCUT2D eigenvalue weighted by Gasteiger charge is -2.14. The second-order valence-electron chi connectivity index (χ2n) is 5.90. The van der Waals surface area contributed by atoms with Gasteiger partial charge in [0.1, 0.15) is 0 Å². The van der Waals surface area contributed by atoms with Gasteiger partial charge < -0.3 is 10.1 Å². The number of benzene rings is 1. The van der Waals surface area contributed by atoms with Gasteiger partial charge in [0.25, 0.3) is 5.91 Å². The molecule has 1 aromatic carbocycles. The average Bonchev–Trinajstić information content (AvgIpc) is 2.60. The Morgan fingerprint density at radius 1 is 1.04 bits per heavy atom. The molecule has 1 N–H and O–H groups in total. The molecule has 0 aliphatic carbocycles. The Hall–Kier alpha value is -1.82. The molecule has 0 spiro atoms. The van der Waals surface area contributed by atoms with Crippen LogP contribution in [-0.2, 0) is 9.53 Å². The first-order valence-electron chi connectivity index (χ1n) is 7.82. The van der Waals surface area contributed by atoms with Gasteiger partial charge >= 0.3 is 5.97 Å². The molecule has 1 amide bonds. The molecule has 1 atom stereocenters. The van der Waals surface area contributed by atoms with Crippen LogP contribution >= 0.6 is 34.8 Å². The van der Waals surface area contributed by atoms with Crippen LogP contribution < -0.4 is 5.32 Å². The highest BCUT2D eigenvalue weighted by Crippen LogP contribution is 2.31. The number of amides is 1. The van der Waals surface area contributed by atoms with E-state index in [-0.39, 0.29) is 20.8 Å². The summed E-state index contributed by atoms with van der Waals surface area (Å²) >= 11 is 17.6. The number of hydrogen-bond donors (Lipinski definition) is 1. The van der Waals surface area contributed by atoms with E-state index in [0.29, 0.717) is 11.6 Å². The Kier molecular flexibility index (Phi) is 6.87. The molecule has 138 valence electrons. The van der Waals surface area contributed by atoms with Crippen LogP contribution in [0, 0.1) is 0 Å². The van der Waals surface area contributed by atoms with E-state index >= 15 is 0 Å². The topological polar surface area (TPSA) is 68.3 Å². The lowest BCUT2D eigenvalue weighted by atomic mass is 10.0. The molecule has 8 heteroatoms. The predicted molar refractivity (Wildman–Crippen MR) is 103 cm³/mol. The fourth-order valence-electron chi connectivity index (χ4n) is 2.05. The lowest BCUT2D eigenvalue weighted by molar-refractivity contribution is -0.123. The van der Waals surface area contributed by atoms with Crippen molar-refractivity contribution in [2.24, 2.45) is 0 Å². The summed E-state index contributed by atoms with van der Waals surface area (Å²) in [6, 6.07) is 7.44. The number of nitrogens with one attached hydrogen (secondary N) is 1. The molecule has 1 aromatic heterocycles. The molecular formula is C18H17Cl3N2O3. The van der Waals surface area contributed by atoms with E-state index in [9.17, 15) is 9.59 Å². The van der Waals surface area contributed by atoms with Gasteiger partial charge in [-0.1, -0.05) is 60.8 Å². The van der Waals surface area contributed by atoms with Crippen molar-refractivity contribution in [2.75, 3.05) is 5.32 Å². The van der Waals surface area contributed by atoms with Crippen LogP contribution in [0.25, 0.3) is 0 Å². The fourth-order valence-corrected chi connectivity index (χ4v) is 2.61. The zero-order chi connectivity index (χ0) is 19.4. The number of esters is 1. The SMILES string of the molecule is CC(C)c1ccc(NC(=O)[C@@H](C)OC(=O)c2ncc(Cl)c(Cl)c2Cl)cc1. The Morgan fingerprint density at radius 2 is 1.65 bits per heavy atom. The number of aromatic nitrogens is 1. The van der Waals surface area contributed by atoms with Gasteiger partial charge in [-0.3, -0.25) is 4.79 Å². The van der Waals surface area contributed by atoms with E-state index in [1.807, 2.05) is 12.1 Å². The van der Waals surface area contributed by atoms with Gasteiger partial charge in [0.2, 0.25) is 0 Å². The van der Waals surface area contributed by atoms with Gasteiger partial charge in [-0.25, -0.2) is 9.78 Å². The third-order valence-electron chi connectivity index (χ3n) is 3.61. The van der Waals surface area contributed by atoms with Crippen molar-refractivity contribution in [3.63, 3.8) is 0 Å². The number of hydrogen-bond acceptors (Lipinski definition) is 4. The van der Waals surface area contributed by atoms with E-state index in [1.165, 1.54) is 13.1 Å². The van der Waals surface area contributed by atoms with Crippen molar-refractivity contribution in [2.45, 2.75) is 32.8 Å². The summed E-state index contributed by atoms with van der Waals surface area (Å²) in [6.07, 6.45) is 0.132. The summed E-state index contributed by atoms with van der Waals surface area (Å²) in [4.78, 5) is 28.2. The first kappa shape index (κ1) is 20.5. The number of ether oxygens (including phenoxy) is 1. The van der Waals surface area contributed by atoms with E-state index in [4.69, 9.17) is 39.5 Å². The molecule has 2 rings (SSSR count). The van der Waals surface area contributed by atoms with Crippen LogP contribution in [0.1, 0.15) is 42.7 Å². The van der Waals surface area contributed by atoms with E-state index in [2.05, 4.69) is 24.1 Å². The Bertz CT molecular complexity index is 823. The number of pyridine rings is 1. The van der Waals surface area contributed by atoms with Crippen molar-refractivity contribution in [1.29, 1.82) is 0 Å². The minimum absolute atomic E-state index is 0.00219. The molecule has 26 heavy (non-hydrogen) atoms. The molecule has 0 aliphatic rings. The summed E-state index contributed by atoms with van der Waals surface area (Å²) in [5, 5.41) is 2.67. The third-order valence-corrected chi connectivity index (χ3v) is 4.85. The van der Waals surface area contributed by atoms with Gasteiger partial charge in [0, 0.05) is 11.9 Å². The van der Waals surface area contributed by atoms with E-state index in [1.54, 1.807) is 12.1 Å². The van der Waals surface area contributed by atoms with Crippen molar-refractivity contribution >= 4 is 52.4 Å². The van der Waals surface area contributed by atoms with Crippen LogP contribution in [-0.4, -0.2) is 23.0 Å². The molecule has 0 aliphatic heterocycles. The number of rotatable bonds is 5. The van der Waals surface area contributed by atoms with Crippen molar-refractivity contribution in [3.8, 4) is 0 Å². The monoisotopic (exact) mass is 414 g/mol. The van der Waals surface area contributed by atoms with Crippen molar-refractivity contribution in [1.82, 2.24) is 4.98 Å². The lowest BCUT2D eigenvalue weighted by Crippen LogP contribution is -2.30. The third kappa shape index (κ3) is 4.87. The zero-order valence-corrected chi connectivity index (χ0v) is 16.6. The minimum Gasteiger partial charge on any atom is -0.448 e. The Morgan fingerprint density at radius 3 is 2.23 bits per heavy atom. The molecule has 0 unspecified atom stereocenters. The van der Waals surface area contributed by atoms with Gasteiger partial charge in [-0.15, -0.1) is 0 Å². The maximum absolute atomic E-state index is 12.2. The normalized spacial score (nSPS) is 12.0. The molecule has 5 nitrogen and oxygen atoms in total. The smallest absolute Gasteiger partial charge is 0.359 e. The maximum Gasteiger partial charge on any atom is 0.359 e. The summed E-state index contributed by atoms with van der Waals surface area (Å²) < 4.78 is 5.11. The molecule has 0 radical (unpaired) electrons. The number of halogens is 3. The molecule has 0 saturated carbocycles. The molecule has 0 fully saturated rings. The summed E-state index contributed by atoms with van der Waals surface area (Å²) in [5.41, 5.74) is 1.55. The summed E-state index contributed by atoms with van der Waals surface area (Å²) in [5.74, 6) is -0.957. The minimum atomic E-state index is -1.06. The highest BCUT2D eigenvalue weighted by atomic mass is 35.5. The molecular weight excluding hydrogens is 399 g/mol. The second-order valence-corrected chi connectivity index (χ2v) is 7.06. The van der Waals surface area contributed by atoms with Gasteiger partial charge in [-0.05, 0) is 30.5 Å². The summed E-state index contributed by atoms with van der Waals surface area (Å²) in [7, 11) is 0. The Balaban J connectivity index is 2.02. The Labute approximate surface area is 166 Å². The van der Waals surface area contributed by atoms with Crippen LogP contribution in [0.5, 0.6) is 0 Å². The number of carbonyl (C=O) groups excluding carboxylic acids is 2. The fraction of sp³-hybridized carbons (Fsp3) is 0.278. The van der Waals surface area contributed by atoms with Crippen LogP contribution in [0.3, 0.4) is 0 Å². The van der Waals surface area contributed by atoms with Crippen molar-refractivity contribution < 1.29 is 14.3 Å². The van der Waals surface area contributed by atoms with Gasteiger partial charge in [0.15, 0.2) is 11.8 Å². The number of anilines is 1. The highest BCUT2D eigenvalue weighted by Gasteiger charge is 2.23.